The Labute approximate surface area is 93.3 Å². The molecule has 0 aromatic carbocycles. The highest BCUT2D eigenvalue weighted by molar-refractivity contribution is 6.29. The third kappa shape index (κ3) is 3.75. The number of anilines is 1. The molecule has 0 aliphatic carbocycles. The van der Waals surface area contributed by atoms with E-state index in [1.807, 2.05) is 0 Å². The first-order valence-corrected chi connectivity index (χ1v) is 5.16. The summed E-state index contributed by atoms with van der Waals surface area (Å²) < 4.78 is 0. The molecule has 0 radical (unpaired) electrons. The third-order valence-corrected chi connectivity index (χ3v) is 2.07. The van der Waals surface area contributed by atoms with E-state index in [9.17, 15) is 4.79 Å². The fraction of sp³-hybridized carbons (Fsp3) is 0.400. The van der Waals surface area contributed by atoms with Crippen LogP contribution < -0.4 is 5.32 Å². The lowest BCUT2D eigenvalue weighted by Crippen LogP contribution is -2.05. The number of carbonyl (C=O) groups is 1. The van der Waals surface area contributed by atoms with Crippen molar-refractivity contribution >= 4 is 23.4 Å². The molecule has 0 bridgehead atoms. The molecule has 4 nitrogen and oxygen atoms in total. The first-order valence-electron chi connectivity index (χ1n) is 4.78. The maximum absolute atomic E-state index is 10.7. The zero-order valence-corrected chi connectivity index (χ0v) is 9.21. The summed E-state index contributed by atoms with van der Waals surface area (Å²) in [6.07, 6.45) is 2.08. The number of nitrogens with one attached hydrogen (secondary N) is 1. The number of hydrogen-bond donors (Lipinski definition) is 2. The lowest BCUT2D eigenvalue weighted by atomic mass is 10.2. The van der Waals surface area contributed by atoms with Gasteiger partial charge in [0, 0.05) is 6.54 Å². The molecular formula is C10H13ClN2O2. The maximum atomic E-state index is 10.7. The minimum atomic E-state index is -1.00. The van der Waals surface area contributed by atoms with Crippen molar-refractivity contribution in [3.63, 3.8) is 0 Å². The fourth-order valence-corrected chi connectivity index (χ4v) is 1.31. The molecule has 1 aromatic heterocycles. The van der Waals surface area contributed by atoms with Gasteiger partial charge in [0.25, 0.3) is 0 Å². The molecule has 0 spiro atoms. The lowest BCUT2D eigenvalue weighted by Gasteiger charge is -2.05. The minimum absolute atomic E-state index is 0.147. The van der Waals surface area contributed by atoms with Crippen molar-refractivity contribution < 1.29 is 9.90 Å². The smallest absolute Gasteiger partial charge is 0.335 e. The molecule has 2 N–H and O–H groups in total. The molecule has 5 heteroatoms. The number of rotatable bonds is 5. The van der Waals surface area contributed by atoms with Gasteiger partial charge in [0.1, 0.15) is 11.0 Å². The van der Waals surface area contributed by atoms with Gasteiger partial charge >= 0.3 is 5.97 Å². The molecule has 1 rings (SSSR count). The van der Waals surface area contributed by atoms with E-state index in [1.165, 1.54) is 12.1 Å². The third-order valence-electron chi connectivity index (χ3n) is 1.88. The van der Waals surface area contributed by atoms with Gasteiger partial charge in [-0.05, 0) is 18.6 Å². The zero-order chi connectivity index (χ0) is 11.3. The first-order chi connectivity index (χ1) is 7.13. The largest absolute Gasteiger partial charge is 0.478 e. The van der Waals surface area contributed by atoms with E-state index in [1.54, 1.807) is 0 Å². The Hall–Kier alpha value is -1.29. The van der Waals surface area contributed by atoms with Crippen LogP contribution in [-0.2, 0) is 0 Å². The standard InChI is InChI=1S/C10H13ClN2O2/c1-2-3-4-12-9-6-7(10(14)15)5-8(11)13-9/h5-6H,2-4H2,1H3,(H,12,13)(H,14,15). The van der Waals surface area contributed by atoms with E-state index in [0.29, 0.717) is 5.82 Å². The second-order valence-electron chi connectivity index (χ2n) is 3.15. The normalized spacial score (nSPS) is 10.0. The molecular weight excluding hydrogens is 216 g/mol. The van der Waals surface area contributed by atoms with E-state index in [4.69, 9.17) is 16.7 Å². The predicted octanol–water partition coefficient (Wildman–Crippen LogP) is 2.65. The van der Waals surface area contributed by atoms with Crippen molar-refractivity contribution in [2.24, 2.45) is 0 Å². The molecule has 0 saturated carbocycles. The highest BCUT2D eigenvalue weighted by Gasteiger charge is 2.06. The van der Waals surface area contributed by atoms with Crippen LogP contribution >= 0.6 is 11.6 Å². The summed E-state index contributed by atoms with van der Waals surface area (Å²) in [5.74, 6) is -0.494. The number of aromatic carboxylic acids is 1. The molecule has 0 amide bonds. The molecule has 1 heterocycles. The monoisotopic (exact) mass is 228 g/mol. The molecule has 1 aromatic rings. The van der Waals surface area contributed by atoms with Crippen LogP contribution in [0.2, 0.25) is 5.15 Å². The fourth-order valence-electron chi connectivity index (χ4n) is 1.10. The van der Waals surface area contributed by atoms with Gasteiger partial charge in [-0.3, -0.25) is 0 Å². The van der Waals surface area contributed by atoms with E-state index < -0.39 is 5.97 Å². The van der Waals surface area contributed by atoms with Gasteiger partial charge in [-0.1, -0.05) is 24.9 Å². The number of pyridine rings is 1. The number of carboxylic acids is 1. The summed E-state index contributed by atoms with van der Waals surface area (Å²) in [4.78, 5) is 14.7. The van der Waals surface area contributed by atoms with Crippen molar-refractivity contribution in [2.75, 3.05) is 11.9 Å². The van der Waals surface area contributed by atoms with Gasteiger partial charge in [-0.15, -0.1) is 0 Å². The van der Waals surface area contributed by atoms with Crippen LogP contribution in [0.5, 0.6) is 0 Å². The van der Waals surface area contributed by atoms with E-state index in [2.05, 4.69) is 17.2 Å². The number of hydrogen-bond acceptors (Lipinski definition) is 3. The average Bonchev–Trinajstić information content (AvgIpc) is 2.17. The highest BCUT2D eigenvalue weighted by atomic mass is 35.5. The van der Waals surface area contributed by atoms with Gasteiger partial charge in [0.15, 0.2) is 0 Å². The van der Waals surface area contributed by atoms with Gasteiger partial charge in [-0.2, -0.15) is 0 Å². The summed E-state index contributed by atoms with van der Waals surface area (Å²) in [7, 11) is 0. The van der Waals surface area contributed by atoms with Gasteiger partial charge in [0.2, 0.25) is 0 Å². The molecule has 0 fully saturated rings. The van der Waals surface area contributed by atoms with Crippen LogP contribution in [0.3, 0.4) is 0 Å². The highest BCUT2D eigenvalue weighted by Crippen LogP contribution is 2.14. The van der Waals surface area contributed by atoms with Gasteiger partial charge in [0.05, 0.1) is 5.56 Å². The second-order valence-corrected chi connectivity index (χ2v) is 3.54. The second kappa shape index (κ2) is 5.56. The molecule has 0 aliphatic rings. The van der Waals surface area contributed by atoms with Crippen molar-refractivity contribution in [1.82, 2.24) is 4.98 Å². The number of halogens is 1. The predicted molar refractivity (Wildman–Crippen MR) is 59.6 cm³/mol. The van der Waals surface area contributed by atoms with Crippen LogP contribution in [-0.4, -0.2) is 22.6 Å². The molecule has 0 unspecified atom stereocenters. The first kappa shape index (κ1) is 11.8. The van der Waals surface area contributed by atoms with Crippen molar-refractivity contribution in [1.29, 1.82) is 0 Å². The van der Waals surface area contributed by atoms with E-state index in [0.717, 1.165) is 19.4 Å². The topological polar surface area (TPSA) is 62.2 Å². The number of aromatic nitrogens is 1. The van der Waals surface area contributed by atoms with Crippen molar-refractivity contribution in [2.45, 2.75) is 19.8 Å². The molecule has 0 saturated heterocycles. The number of carboxylic acid groups (broad SMARTS) is 1. The summed E-state index contributed by atoms with van der Waals surface area (Å²) in [5.41, 5.74) is 0.147. The Morgan fingerprint density at radius 2 is 2.33 bits per heavy atom. The lowest BCUT2D eigenvalue weighted by molar-refractivity contribution is 0.0697. The summed E-state index contributed by atoms with van der Waals surface area (Å²) in [6.45, 7) is 2.85. The summed E-state index contributed by atoms with van der Waals surface area (Å²) in [6, 6.07) is 2.80. The summed E-state index contributed by atoms with van der Waals surface area (Å²) in [5, 5.41) is 12.0. The number of nitrogens with zero attached hydrogens (tertiary/aromatic N) is 1. The number of unbranched alkanes of at least 4 members (excludes halogenated alkanes) is 1. The Balaban J connectivity index is 2.75. The summed E-state index contributed by atoms with van der Waals surface area (Å²) >= 11 is 5.69. The van der Waals surface area contributed by atoms with E-state index >= 15 is 0 Å². The van der Waals surface area contributed by atoms with Gasteiger partial charge < -0.3 is 10.4 Å². The van der Waals surface area contributed by atoms with Crippen molar-refractivity contribution in [3.8, 4) is 0 Å². The van der Waals surface area contributed by atoms with Crippen LogP contribution in [0.1, 0.15) is 30.1 Å². The Morgan fingerprint density at radius 1 is 1.60 bits per heavy atom. The minimum Gasteiger partial charge on any atom is -0.478 e. The van der Waals surface area contributed by atoms with Gasteiger partial charge in [-0.25, -0.2) is 9.78 Å². The molecule has 0 aliphatic heterocycles. The maximum Gasteiger partial charge on any atom is 0.335 e. The Bertz CT molecular complexity index is 355. The quantitative estimate of drug-likeness (QED) is 0.601. The van der Waals surface area contributed by atoms with Crippen LogP contribution in [0.25, 0.3) is 0 Å². The Morgan fingerprint density at radius 3 is 2.93 bits per heavy atom. The molecule has 0 atom stereocenters. The Kier molecular flexibility index (Phi) is 4.37. The molecule has 15 heavy (non-hydrogen) atoms. The molecule has 82 valence electrons. The average molecular weight is 229 g/mol. The van der Waals surface area contributed by atoms with Crippen LogP contribution in [0, 0.1) is 0 Å². The van der Waals surface area contributed by atoms with Crippen LogP contribution in [0.4, 0.5) is 5.82 Å². The van der Waals surface area contributed by atoms with Crippen molar-refractivity contribution in [3.05, 3.63) is 22.8 Å². The zero-order valence-electron chi connectivity index (χ0n) is 8.46. The SMILES string of the molecule is CCCCNc1cc(C(=O)O)cc(Cl)n1. The van der Waals surface area contributed by atoms with Crippen LogP contribution in [0.15, 0.2) is 12.1 Å². The van der Waals surface area contributed by atoms with E-state index in [-0.39, 0.29) is 10.7 Å².